The summed E-state index contributed by atoms with van der Waals surface area (Å²) in [6, 6.07) is 0. The summed E-state index contributed by atoms with van der Waals surface area (Å²) in [6.07, 6.45) is 2.48. The number of aryl methyl sites for hydroxylation is 1. The van der Waals surface area contributed by atoms with E-state index in [-0.39, 0.29) is 5.88 Å². The van der Waals surface area contributed by atoms with Crippen molar-refractivity contribution in [3.8, 4) is 5.88 Å². The van der Waals surface area contributed by atoms with Crippen LogP contribution in [0, 0.1) is 0 Å². The number of aromatic nitrogens is 2. The molecule has 0 aliphatic carbocycles. The van der Waals surface area contributed by atoms with Gasteiger partial charge in [0.15, 0.2) is 0 Å². The lowest BCUT2D eigenvalue weighted by atomic mass is 10.4. The molecule has 1 rings (SSSR count). The summed E-state index contributed by atoms with van der Waals surface area (Å²) in [6.45, 7) is 0.949. The number of imidazole rings is 1. The fourth-order valence-electron chi connectivity index (χ4n) is 1.04. The number of rotatable bonds is 3. The fraction of sp³-hybridized carbons (Fsp3) is 0.625. The summed E-state index contributed by atoms with van der Waals surface area (Å²) in [5.74, 6) is 1.02. The zero-order chi connectivity index (χ0) is 9.14. The van der Waals surface area contributed by atoms with Gasteiger partial charge >= 0.3 is 0 Å². The average molecular weight is 169 g/mol. The van der Waals surface area contributed by atoms with Gasteiger partial charge in [-0.2, -0.15) is 4.98 Å². The van der Waals surface area contributed by atoms with E-state index in [1.54, 1.807) is 6.20 Å². The van der Waals surface area contributed by atoms with Gasteiger partial charge < -0.3 is 14.6 Å². The number of nitrogens with zero attached hydrogens (tertiary/aromatic N) is 3. The largest absolute Gasteiger partial charge is 0.492 e. The molecule has 0 radical (unpaired) electrons. The van der Waals surface area contributed by atoms with E-state index in [4.69, 9.17) is 5.11 Å². The summed E-state index contributed by atoms with van der Waals surface area (Å²) < 4.78 is 1.85. The van der Waals surface area contributed by atoms with Crippen LogP contribution in [0.3, 0.4) is 0 Å². The molecule has 0 bridgehead atoms. The van der Waals surface area contributed by atoms with Gasteiger partial charge in [-0.15, -0.1) is 0 Å². The van der Waals surface area contributed by atoms with Crippen LogP contribution in [0.25, 0.3) is 0 Å². The Bertz CT molecular complexity index is 255. The van der Waals surface area contributed by atoms with E-state index in [0.717, 1.165) is 18.8 Å². The van der Waals surface area contributed by atoms with Crippen molar-refractivity contribution in [1.82, 2.24) is 14.5 Å². The molecule has 68 valence electrons. The topological polar surface area (TPSA) is 41.3 Å². The van der Waals surface area contributed by atoms with Crippen LogP contribution in [0.15, 0.2) is 6.20 Å². The Morgan fingerprint density at radius 3 is 2.67 bits per heavy atom. The molecule has 0 saturated heterocycles. The SMILES string of the molecule is CN(C)CCc1nc(O)cn1C. The van der Waals surface area contributed by atoms with E-state index in [1.165, 1.54) is 0 Å². The van der Waals surface area contributed by atoms with Crippen molar-refractivity contribution in [2.45, 2.75) is 6.42 Å². The zero-order valence-corrected chi connectivity index (χ0v) is 7.78. The highest BCUT2D eigenvalue weighted by Gasteiger charge is 2.03. The van der Waals surface area contributed by atoms with Gasteiger partial charge in [-0.05, 0) is 14.1 Å². The molecule has 0 spiro atoms. The van der Waals surface area contributed by atoms with Crippen molar-refractivity contribution >= 4 is 0 Å². The van der Waals surface area contributed by atoms with E-state index >= 15 is 0 Å². The van der Waals surface area contributed by atoms with Crippen molar-refractivity contribution in [1.29, 1.82) is 0 Å². The lowest BCUT2D eigenvalue weighted by molar-refractivity contribution is 0.406. The quantitative estimate of drug-likeness (QED) is 0.704. The monoisotopic (exact) mass is 169 g/mol. The predicted octanol–water partition coefficient (Wildman–Crippen LogP) is 0.230. The predicted molar refractivity (Wildman–Crippen MR) is 47.1 cm³/mol. The molecule has 0 aliphatic rings. The van der Waals surface area contributed by atoms with Crippen LogP contribution in [0.4, 0.5) is 0 Å². The van der Waals surface area contributed by atoms with E-state index in [9.17, 15) is 0 Å². The second-order valence-electron chi connectivity index (χ2n) is 3.18. The third-order valence-corrected chi connectivity index (χ3v) is 1.74. The number of aromatic hydroxyl groups is 1. The maximum atomic E-state index is 9.05. The molecular weight excluding hydrogens is 154 g/mol. The summed E-state index contributed by atoms with van der Waals surface area (Å²) in [5, 5.41) is 9.05. The molecule has 0 unspecified atom stereocenters. The third kappa shape index (κ3) is 2.23. The molecule has 4 nitrogen and oxygen atoms in total. The van der Waals surface area contributed by atoms with Gasteiger partial charge in [0.1, 0.15) is 5.82 Å². The van der Waals surface area contributed by atoms with Crippen LogP contribution in [-0.2, 0) is 13.5 Å². The first-order chi connectivity index (χ1) is 5.59. The lowest BCUT2D eigenvalue weighted by Crippen LogP contribution is -2.16. The van der Waals surface area contributed by atoms with Gasteiger partial charge in [-0.3, -0.25) is 0 Å². The van der Waals surface area contributed by atoms with Crippen LogP contribution in [0.5, 0.6) is 5.88 Å². The lowest BCUT2D eigenvalue weighted by Gasteiger charge is -2.08. The molecule has 1 N–H and O–H groups in total. The molecule has 0 aromatic carbocycles. The molecule has 1 aromatic heterocycles. The molecule has 4 heteroatoms. The molecule has 0 saturated carbocycles. The molecule has 0 amide bonds. The van der Waals surface area contributed by atoms with E-state index in [1.807, 2.05) is 25.7 Å². The fourth-order valence-corrected chi connectivity index (χ4v) is 1.04. The van der Waals surface area contributed by atoms with Crippen LogP contribution in [0.1, 0.15) is 5.82 Å². The Morgan fingerprint density at radius 2 is 2.25 bits per heavy atom. The summed E-state index contributed by atoms with van der Waals surface area (Å²) in [5.41, 5.74) is 0. The zero-order valence-electron chi connectivity index (χ0n) is 7.78. The molecule has 1 heterocycles. The van der Waals surface area contributed by atoms with Crippen molar-refractivity contribution < 1.29 is 5.11 Å². The Morgan fingerprint density at radius 1 is 1.58 bits per heavy atom. The molecule has 0 aliphatic heterocycles. The normalized spacial score (nSPS) is 11.0. The van der Waals surface area contributed by atoms with Gasteiger partial charge in [0.05, 0.1) is 6.20 Å². The summed E-state index contributed by atoms with van der Waals surface area (Å²) in [7, 11) is 5.92. The Labute approximate surface area is 72.4 Å². The van der Waals surface area contributed by atoms with Crippen LogP contribution in [0.2, 0.25) is 0 Å². The molecule has 12 heavy (non-hydrogen) atoms. The van der Waals surface area contributed by atoms with Crippen molar-refractivity contribution in [2.75, 3.05) is 20.6 Å². The molecular formula is C8H15N3O. The third-order valence-electron chi connectivity index (χ3n) is 1.74. The number of hydrogen-bond donors (Lipinski definition) is 1. The van der Waals surface area contributed by atoms with Crippen molar-refractivity contribution in [2.24, 2.45) is 7.05 Å². The Balaban J connectivity index is 2.57. The van der Waals surface area contributed by atoms with Gasteiger partial charge in [-0.25, -0.2) is 0 Å². The van der Waals surface area contributed by atoms with Gasteiger partial charge in [0, 0.05) is 20.0 Å². The van der Waals surface area contributed by atoms with Crippen LogP contribution >= 0.6 is 0 Å². The maximum absolute atomic E-state index is 9.05. The minimum Gasteiger partial charge on any atom is -0.492 e. The minimum atomic E-state index is 0.103. The standard InChI is InChI=1S/C8H15N3O/c1-10(2)5-4-7-9-8(12)6-11(7)3/h6,12H,4-5H2,1-3H3. The van der Waals surface area contributed by atoms with Crippen molar-refractivity contribution in [3.05, 3.63) is 12.0 Å². The van der Waals surface area contributed by atoms with Crippen molar-refractivity contribution in [3.63, 3.8) is 0 Å². The first-order valence-electron chi connectivity index (χ1n) is 3.95. The van der Waals surface area contributed by atoms with Gasteiger partial charge in [0.2, 0.25) is 5.88 Å². The highest BCUT2D eigenvalue weighted by molar-refractivity contribution is 5.07. The first-order valence-corrected chi connectivity index (χ1v) is 3.95. The first kappa shape index (κ1) is 9.06. The van der Waals surface area contributed by atoms with Gasteiger partial charge in [0.25, 0.3) is 0 Å². The highest BCUT2D eigenvalue weighted by Crippen LogP contribution is 2.07. The molecule has 1 aromatic rings. The van der Waals surface area contributed by atoms with Crippen LogP contribution in [-0.4, -0.2) is 40.2 Å². The average Bonchev–Trinajstić information content (AvgIpc) is 2.26. The van der Waals surface area contributed by atoms with Gasteiger partial charge in [-0.1, -0.05) is 0 Å². The smallest absolute Gasteiger partial charge is 0.229 e. The number of likely N-dealkylation sites (N-methyl/N-ethyl adjacent to an activating group) is 1. The summed E-state index contributed by atoms with van der Waals surface area (Å²) >= 11 is 0. The second-order valence-corrected chi connectivity index (χ2v) is 3.18. The minimum absolute atomic E-state index is 0.103. The molecule has 0 atom stereocenters. The van der Waals surface area contributed by atoms with E-state index in [0.29, 0.717) is 0 Å². The Kier molecular flexibility index (Phi) is 2.70. The van der Waals surface area contributed by atoms with Crippen LogP contribution < -0.4 is 0 Å². The van der Waals surface area contributed by atoms with E-state index < -0.39 is 0 Å². The number of hydrogen-bond acceptors (Lipinski definition) is 3. The van der Waals surface area contributed by atoms with E-state index in [2.05, 4.69) is 9.88 Å². The highest BCUT2D eigenvalue weighted by atomic mass is 16.3. The maximum Gasteiger partial charge on any atom is 0.229 e. The second kappa shape index (κ2) is 3.58. The summed E-state index contributed by atoms with van der Waals surface area (Å²) in [4.78, 5) is 6.06. The molecule has 0 fully saturated rings. The Hall–Kier alpha value is -1.03.